The van der Waals surface area contributed by atoms with Crippen molar-refractivity contribution in [3.8, 4) is 0 Å². The molecule has 2 aromatic carbocycles. The third-order valence-electron chi connectivity index (χ3n) is 3.98. The van der Waals surface area contributed by atoms with E-state index in [0.717, 1.165) is 24.0 Å². The van der Waals surface area contributed by atoms with Crippen molar-refractivity contribution < 1.29 is 9.18 Å². The van der Waals surface area contributed by atoms with Gasteiger partial charge >= 0.3 is 0 Å². The highest BCUT2D eigenvalue weighted by Gasteiger charge is 2.12. The fraction of sp³-hybridized carbons (Fsp3) is 0.200. The van der Waals surface area contributed by atoms with E-state index >= 15 is 0 Å². The smallest absolute Gasteiger partial charge is 0.180 e. The van der Waals surface area contributed by atoms with Crippen LogP contribution in [0.15, 0.2) is 67.1 Å². The molecule has 1 aromatic heterocycles. The number of rotatable bonds is 7. The lowest BCUT2D eigenvalue weighted by Gasteiger charge is -2.08. The van der Waals surface area contributed by atoms with Crippen LogP contribution in [0.1, 0.15) is 34.5 Å². The lowest BCUT2D eigenvalue weighted by molar-refractivity contribution is 0.0971. The number of hydrogen-bond donors (Lipinski definition) is 0. The zero-order valence-corrected chi connectivity index (χ0v) is 13.4. The number of ketones is 1. The number of nitrogens with zero attached hydrogens (tertiary/aromatic N) is 2. The highest BCUT2D eigenvalue weighted by Crippen LogP contribution is 2.12. The third-order valence-corrected chi connectivity index (χ3v) is 3.98. The molecule has 24 heavy (non-hydrogen) atoms. The van der Waals surface area contributed by atoms with Crippen LogP contribution in [-0.4, -0.2) is 15.3 Å². The van der Waals surface area contributed by atoms with Gasteiger partial charge < -0.3 is 4.57 Å². The molecule has 0 aliphatic carbocycles. The molecule has 0 saturated carbocycles. The van der Waals surface area contributed by atoms with E-state index in [9.17, 15) is 9.18 Å². The van der Waals surface area contributed by atoms with Gasteiger partial charge in [-0.25, -0.2) is 9.37 Å². The number of halogens is 1. The summed E-state index contributed by atoms with van der Waals surface area (Å²) in [7, 11) is 0. The fourth-order valence-electron chi connectivity index (χ4n) is 2.69. The largest absolute Gasteiger partial charge is 0.324 e. The summed E-state index contributed by atoms with van der Waals surface area (Å²) in [4.78, 5) is 16.6. The molecule has 3 nitrogen and oxygen atoms in total. The average Bonchev–Trinajstić information content (AvgIpc) is 3.06. The van der Waals surface area contributed by atoms with Gasteiger partial charge in [-0.1, -0.05) is 42.5 Å². The fourth-order valence-corrected chi connectivity index (χ4v) is 2.69. The Kier molecular flexibility index (Phi) is 5.16. The molecular weight excluding hydrogens is 303 g/mol. The molecule has 0 spiro atoms. The van der Waals surface area contributed by atoms with Crippen LogP contribution in [0.3, 0.4) is 0 Å². The first-order valence-corrected chi connectivity index (χ1v) is 8.04. The molecule has 0 bridgehead atoms. The molecule has 0 saturated heterocycles. The molecule has 0 aliphatic rings. The molecule has 0 aliphatic heterocycles. The van der Waals surface area contributed by atoms with E-state index in [1.54, 1.807) is 24.7 Å². The Bertz CT molecular complexity index is 794. The lowest BCUT2D eigenvalue weighted by Crippen LogP contribution is -2.09. The molecule has 0 atom stereocenters. The maximum absolute atomic E-state index is 12.9. The summed E-state index contributed by atoms with van der Waals surface area (Å²) >= 11 is 0. The molecule has 0 amide bonds. The van der Waals surface area contributed by atoms with Crippen molar-refractivity contribution in [1.29, 1.82) is 0 Å². The molecule has 0 fully saturated rings. The summed E-state index contributed by atoms with van der Waals surface area (Å²) in [6, 6.07) is 16.4. The summed E-state index contributed by atoms with van der Waals surface area (Å²) in [5.74, 6) is -0.148. The Morgan fingerprint density at radius 3 is 2.50 bits per heavy atom. The third kappa shape index (κ3) is 4.16. The van der Waals surface area contributed by atoms with Gasteiger partial charge in [0.05, 0.1) is 12.5 Å². The molecule has 4 heteroatoms. The normalized spacial score (nSPS) is 10.7. The van der Waals surface area contributed by atoms with Crippen molar-refractivity contribution in [2.45, 2.75) is 25.8 Å². The Morgan fingerprint density at radius 1 is 1.00 bits per heavy atom. The number of aryl methyl sites for hydroxylation is 1. The molecular formula is C20H19FN2O. The minimum Gasteiger partial charge on any atom is -0.324 e. The maximum Gasteiger partial charge on any atom is 0.180 e. The monoisotopic (exact) mass is 322 g/mol. The summed E-state index contributed by atoms with van der Waals surface area (Å²) in [5.41, 5.74) is 2.82. The molecule has 122 valence electrons. The second kappa shape index (κ2) is 7.68. The zero-order valence-electron chi connectivity index (χ0n) is 13.4. The van der Waals surface area contributed by atoms with Crippen molar-refractivity contribution >= 4 is 5.78 Å². The van der Waals surface area contributed by atoms with Crippen molar-refractivity contribution in [1.82, 2.24) is 9.55 Å². The van der Waals surface area contributed by atoms with E-state index < -0.39 is 0 Å². The number of aromatic nitrogens is 2. The van der Waals surface area contributed by atoms with Crippen LogP contribution in [0.4, 0.5) is 4.39 Å². The van der Waals surface area contributed by atoms with E-state index in [2.05, 4.69) is 4.98 Å². The standard InChI is InChI=1S/C20H19FN2O/c21-18-11-9-16(10-12-18)7-4-8-20(24)19-13-22-15-23(19)14-17-5-2-1-3-6-17/h1-3,5-6,9-13,15H,4,7-8,14H2. The van der Waals surface area contributed by atoms with Gasteiger partial charge in [0.15, 0.2) is 5.78 Å². The Labute approximate surface area is 140 Å². The zero-order chi connectivity index (χ0) is 16.8. The van der Waals surface area contributed by atoms with Gasteiger partial charge in [0.25, 0.3) is 0 Å². The minimum absolute atomic E-state index is 0.0885. The van der Waals surface area contributed by atoms with Gasteiger partial charge in [0.2, 0.25) is 0 Å². The van der Waals surface area contributed by atoms with Crippen LogP contribution >= 0.6 is 0 Å². The highest BCUT2D eigenvalue weighted by atomic mass is 19.1. The molecule has 3 rings (SSSR count). The molecule has 0 unspecified atom stereocenters. The molecule has 1 heterocycles. The van der Waals surface area contributed by atoms with Crippen LogP contribution in [0.2, 0.25) is 0 Å². The van der Waals surface area contributed by atoms with Crippen LogP contribution in [0.25, 0.3) is 0 Å². The van der Waals surface area contributed by atoms with E-state index in [4.69, 9.17) is 0 Å². The number of carbonyl (C=O) groups excluding carboxylic acids is 1. The van der Waals surface area contributed by atoms with E-state index in [1.807, 2.05) is 34.9 Å². The summed E-state index contributed by atoms with van der Waals surface area (Å²) < 4.78 is 14.8. The highest BCUT2D eigenvalue weighted by molar-refractivity contribution is 5.94. The van der Waals surface area contributed by atoms with Crippen LogP contribution in [-0.2, 0) is 13.0 Å². The minimum atomic E-state index is -0.236. The van der Waals surface area contributed by atoms with Crippen LogP contribution < -0.4 is 0 Å². The summed E-state index contributed by atoms with van der Waals surface area (Å²) in [6.07, 6.45) is 5.28. The number of imidazole rings is 1. The first-order valence-electron chi connectivity index (χ1n) is 8.04. The van der Waals surface area contributed by atoms with Gasteiger partial charge in [0, 0.05) is 13.0 Å². The summed E-state index contributed by atoms with van der Waals surface area (Å²) in [6.45, 7) is 0.639. The number of Topliss-reactive ketones (excluding diaryl/α,β-unsaturated/α-hetero) is 1. The van der Waals surface area contributed by atoms with Gasteiger partial charge in [-0.15, -0.1) is 0 Å². The molecule has 0 N–H and O–H groups in total. The second-order valence-electron chi connectivity index (χ2n) is 5.80. The molecule has 0 radical (unpaired) electrons. The van der Waals surface area contributed by atoms with Crippen molar-refractivity contribution in [3.63, 3.8) is 0 Å². The number of benzene rings is 2. The van der Waals surface area contributed by atoms with Crippen molar-refractivity contribution in [3.05, 3.63) is 89.8 Å². The van der Waals surface area contributed by atoms with Crippen molar-refractivity contribution in [2.24, 2.45) is 0 Å². The van der Waals surface area contributed by atoms with Crippen LogP contribution in [0, 0.1) is 5.82 Å². The van der Waals surface area contributed by atoms with Gasteiger partial charge in [-0.05, 0) is 36.1 Å². The van der Waals surface area contributed by atoms with E-state index in [0.29, 0.717) is 18.7 Å². The first-order chi connectivity index (χ1) is 11.7. The Morgan fingerprint density at radius 2 is 1.75 bits per heavy atom. The number of hydrogen-bond acceptors (Lipinski definition) is 2. The maximum atomic E-state index is 12.9. The second-order valence-corrected chi connectivity index (χ2v) is 5.80. The number of carbonyl (C=O) groups is 1. The SMILES string of the molecule is O=C(CCCc1ccc(F)cc1)c1cncn1Cc1ccccc1. The van der Waals surface area contributed by atoms with Crippen LogP contribution in [0.5, 0.6) is 0 Å². The van der Waals surface area contributed by atoms with Gasteiger partial charge in [-0.3, -0.25) is 4.79 Å². The quantitative estimate of drug-likeness (QED) is 0.609. The predicted octanol–water partition coefficient (Wildman–Crippen LogP) is 4.28. The van der Waals surface area contributed by atoms with Crippen molar-refractivity contribution in [2.75, 3.05) is 0 Å². The van der Waals surface area contributed by atoms with E-state index in [1.165, 1.54) is 12.1 Å². The lowest BCUT2D eigenvalue weighted by atomic mass is 10.1. The van der Waals surface area contributed by atoms with Gasteiger partial charge in [0.1, 0.15) is 11.5 Å². The topological polar surface area (TPSA) is 34.9 Å². The molecule has 3 aromatic rings. The average molecular weight is 322 g/mol. The predicted molar refractivity (Wildman–Crippen MR) is 91.4 cm³/mol. The first kappa shape index (κ1) is 16.1. The summed E-state index contributed by atoms with van der Waals surface area (Å²) in [5, 5.41) is 0. The van der Waals surface area contributed by atoms with Gasteiger partial charge in [-0.2, -0.15) is 0 Å². The Balaban J connectivity index is 1.57. The Hall–Kier alpha value is -2.75. The van der Waals surface area contributed by atoms with E-state index in [-0.39, 0.29) is 11.6 Å².